The van der Waals surface area contributed by atoms with Crippen molar-refractivity contribution in [3.63, 3.8) is 0 Å². The average Bonchev–Trinajstić information content (AvgIpc) is 3.18. The van der Waals surface area contributed by atoms with Crippen LogP contribution in [0.1, 0.15) is 24.1 Å². The van der Waals surface area contributed by atoms with Crippen molar-refractivity contribution in [1.82, 2.24) is 19.7 Å². The van der Waals surface area contributed by atoms with E-state index in [9.17, 15) is 4.79 Å². The molecule has 30 heavy (non-hydrogen) atoms. The van der Waals surface area contributed by atoms with Crippen LogP contribution in [0.3, 0.4) is 0 Å². The number of ether oxygens (including phenoxy) is 1. The van der Waals surface area contributed by atoms with Crippen molar-refractivity contribution in [1.29, 1.82) is 0 Å². The van der Waals surface area contributed by atoms with Crippen LogP contribution in [0.2, 0.25) is 0 Å². The highest BCUT2D eigenvalue weighted by Crippen LogP contribution is 2.26. The van der Waals surface area contributed by atoms with E-state index in [-0.39, 0.29) is 11.9 Å². The van der Waals surface area contributed by atoms with Crippen molar-refractivity contribution in [3.05, 3.63) is 65.7 Å². The fourth-order valence-electron chi connectivity index (χ4n) is 3.18. The van der Waals surface area contributed by atoms with Gasteiger partial charge in [-0.25, -0.2) is 0 Å². The maximum absolute atomic E-state index is 12.8. The molecule has 0 aliphatic carbocycles. The Morgan fingerprint density at radius 1 is 1.17 bits per heavy atom. The molecule has 7 heteroatoms. The molecular weight excluding hydrogens is 396 g/mol. The Hall–Kier alpha value is -2.64. The van der Waals surface area contributed by atoms with Gasteiger partial charge in [0, 0.05) is 19.7 Å². The summed E-state index contributed by atoms with van der Waals surface area (Å²) in [6.07, 6.45) is 0. The molecule has 1 heterocycles. The summed E-state index contributed by atoms with van der Waals surface area (Å²) < 4.78 is 7.29. The fraction of sp³-hybridized carbons (Fsp3) is 0.348. The monoisotopic (exact) mass is 424 g/mol. The van der Waals surface area contributed by atoms with Gasteiger partial charge in [0.2, 0.25) is 5.91 Å². The molecule has 2 aromatic carbocycles. The molecule has 3 aromatic rings. The largest absolute Gasteiger partial charge is 0.383 e. The Morgan fingerprint density at radius 2 is 1.93 bits per heavy atom. The van der Waals surface area contributed by atoms with Gasteiger partial charge in [0.1, 0.15) is 0 Å². The number of hydrogen-bond donors (Lipinski definition) is 0. The first-order valence-corrected chi connectivity index (χ1v) is 10.9. The molecule has 3 rings (SSSR count). The van der Waals surface area contributed by atoms with E-state index >= 15 is 0 Å². The second kappa shape index (κ2) is 10.4. The first kappa shape index (κ1) is 22.1. The molecule has 1 aromatic heterocycles. The molecule has 158 valence electrons. The first-order chi connectivity index (χ1) is 14.5. The predicted octanol–water partition coefficient (Wildman–Crippen LogP) is 4.21. The van der Waals surface area contributed by atoms with Gasteiger partial charge in [-0.1, -0.05) is 65.9 Å². The van der Waals surface area contributed by atoms with Crippen molar-refractivity contribution in [2.24, 2.45) is 0 Å². The van der Waals surface area contributed by atoms with Gasteiger partial charge >= 0.3 is 0 Å². The van der Waals surface area contributed by atoms with Gasteiger partial charge in [-0.2, -0.15) is 0 Å². The van der Waals surface area contributed by atoms with Gasteiger partial charge in [-0.05, 0) is 25.5 Å². The number of benzene rings is 2. The minimum absolute atomic E-state index is 0.00789. The van der Waals surface area contributed by atoms with Crippen LogP contribution >= 0.6 is 11.8 Å². The molecule has 0 radical (unpaired) electrons. The smallest absolute Gasteiger partial charge is 0.233 e. The Balaban J connectivity index is 1.73. The number of aromatic nitrogens is 3. The summed E-state index contributed by atoms with van der Waals surface area (Å²) in [6, 6.07) is 18.2. The molecule has 0 unspecified atom stereocenters. The van der Waals surface area contributed by atoms with E-state index in [4.69, 9.17) is 4.74 Å². The predicted molar refractivity (Wildman–Crippen MR) is 120 cm³/mol. The van der Waals surface area contributed by atoms with Gasteiger partial charge in [0.05, 0.1) is 24.9 Å². The van der Waals surface area contributed by atoms with E-state index < -0.39 is 0 Å². The first-order valence-electron chi connectivity index (χ1n) is 9.94. The van der Waals surface area contributed by atoms with Gasteiger partial charge in [-0.3, -0.25) is 9.36 Å². The van der Waals surface area contributed by atoms with Crippen LogP contribution in [0, 0.1) is 6.92 Å². The van der Waals surface area contributed by atoms with Crippen molar-refractivity contribution >= 4 is 17.7 Å². The quantitative estimate of drug-likeness (QED) is 0.482. The summed E-state index contributed by atoms with van der Waals surface area (Å²) in [7, 11) is 3.52. The minimum atomic E-state index is 0.00789. The normalized spacial score (nSPS) is 12.0. The highest BCUT2D eigenvalue weighted by molar-refractivity contribution is 7.99. The summed E-state index contributed by atoms with van der Waals surface area (Å²) >= 11 is 1.41. The van der Waals surface area contributed by atoms with E-state index in [0.29, 0.717) is 18.9 Å². The molecule has 0 bridgehead atoms. The molecule has 0 saturated heterocycles. The van der Waals surface area contributed by atoms with Crippen molar-refractivity contribution < 1.29 is 9.53 Å². The highest BCUT2D eigenvalue weighted by atomic mass is 32.2. The minimum Gasteiger partial charge on any atom is -0.383 e. The molecular formula is C23H28N4O2S. The van der Waals surface area contributed by atoms with Gasteiger partial charge < -0.3 is 9.64 Å². The number of rotatable bonds is 9. The van der Waals surface area contributed by atoms with E-state index in [1.807, 2.05) is 61.0 Å². The molecule has 0 fully saturated rings. The van der Waals surface area contributed by atoms with Crippen LogP contribution in [0.4, 0.5) is 0 Å². The van der Waals surface area contributed by atoms with Crippen LogP contribution in [-0.2, 0) is 16.1 Å². The van der Waals surface area contributed by atoms with Crippen LogP contribution in [0.25, 0.3) is 11.4 Å². The molecule has 0 N–H and O–H groups in total. The molecule has 0 saturated carbocycles. The lowest BCUT2D eigenvalue weighted by atomic mass is 10.1. The number of carbonyl (C=O) groups excluding carboxylic acids is 1. The fourth-order valence-corrected chi connectivity index (χ4v) is 4.06. The zero-order chi connectivity index (χ0) is 21.5. The lowest BCUT2D eigenvalue weighted by Gasteiger charge is -2.25. The van der Waals surface area contributed by atoms with Crippen LogP contribution < -0.4 is 0 Å². The Morgan fingerprint density at radius 3 is 2.63 bits per heavy atom. The molecule has 1 atom stereocenters. The highest BCUT2D eigenvalue weighted by Gasteiger charge is 2.20. The number of amides is 1. The number of hydrogen-bond acceptors (Lipinski definition) is 5. The van der Waals surface area contributed by atoms with Crippen LogP contribution in [0.15, 0.2) is 59.8 Å². The van der Waals surface area contributed by atoms with E-state index in [0.717, 1.165) is 27.7 Å². The Bertz CT molecular complexity index is 974. The zero-order valence-corrected chi connectivity index (χ0v) is 18.7. The third-order valence-corrected chi connectivity index (χ3v) is 6.04. The number of methoxy groups -OCH3 is 1. The topological polar surface area (TPSA) is 60.2 Å². The van der Waals surface area contributed by atoms with E-state index in [2.05, 4.69) is 29.3 Å². The zero-order valence-electron chi connectivity index (χ0n) is 17.9. The van der Waals surface area contributed by atoms with Crippen LogP contribution in [0.5, 0.6) is 0 Å². The average molecular weight is 425 g/mol. The summed E-state index contributed by atoms with van der Waals surface area (Å²) in [5.41, 5.74) is 3.28. The maximum atomic E-state index is 12.8. The van der Waals surface area contributed by atoms with Gasteiger partial charge in [0.15, 0.2) is 11.0 Å². The van der Waals surface area contributed by atoms with Gasteiger partial charge in [0.25, 0.3) is 0 Å². The third kappa shape index (κ3) is 5.29. The molecule has 0 aliphatic rings. The molecule has 1 amide bonds. The SMILES string of the molecule is COCCn1c(SCC(=O)N(C)[C@@H](C)c2ccccc2)nnc1-c1cccc(C)c1. The Kier molecular flexibility index (Phi) is 7.65. The van der Waals surface area contributed by atoms with E-state index in [1.165, 1.54) is 11.8 Å². The second-order valence-electron chi connectivity index (χ2n) is 7.20. The van der Waals surface area contributed by atoms with E-state index in [1.54, 1.807) is 12.0 Å². The number of nitrogens with zero attached hydrogens (tertiary/aromatic N) is 4. The van der Waals surface area contributed by atoms with Crippen molar-refractivity contribution in [2.75, 3.05) is 26.5 Å². The summed E-state index contributed by atoms with van der Waals surface area (Å²) in [6.45, 7) is 5.26. The summed E-state index contributed by atoms with van der Waals surface area (Å²) in [5.74, 6) is 1.14. The number of aryl methyl sites for hydroxylation is 1. The Labute approximate surface area is 182 Å². The van der Waals surface area contributed by atoms with Crippen molar-refractivity contribution in [3.8, 4) is 11.4 Å². The summed E-state index contributed by atoms with van der Waals surface area (Å²) in [4.78, 5) is 14.6. The second-order valence-corrected chi connectivity index (χ2v) is 8.14. The lowest BCUT2D eigenvalue weighted by Crippen LogP contribution is -2.31. The van der Waals surface area contributed by atoms with Gasteiger partial charge in [-0.15, -0.1) is 10.2 Å². The number of thioether (sulfide) groups is 1. The third-order valence-electron chi connectivity index (χ3n) is 5.09. The maximum Gasteiger partial charge on any atom is 0.233 e. The lowest BCUT2D eigenvalue weighted by molar-refractivity contribution is -0.128. The van der Waals surface area contributed by atoms with Crippen LogP contribution in [-0.4, -0.2) is 52.1 Å². The van der Waals surface area contributed by atoms with Crippen molar-refractivity contribution in [2.45, 2.75) is 31.6 Å². The molecule has 0 spiro atoms. The molecule has 6 nitrogen and oxygen atoms in total. The summed E-state index contributed by atoms with van der Waals surface area (Å²) in [5, 5.41) is 9.48. The number of carbonyl (C=O) groups is 1. The molecule has 0 aliphatic heterocycles. The standard InChI is InChI=1S/C23H28N4O2S/c1-17-9-8-12-20(15-17)22-24-25-23(27(22)13-14-29-4)30-16-21(28)26(3)18(2)19-10-6-5-7-11-19/h5-12,15,18H,13-14,16H2,1-4H3/t18-/m0/s1.